The summed E-state index contributed by atoms with van der Waals surface area (Å²) < 4.78 is 82.6. The van der Waals surface area contributed by atoms with Crippen molar-refractivity contribution >= 4 is 5.97 Å². The number of nitrogens with zero attached hydrogens (tertiary/aromatic N) is 3. The first kappa shape index (κ1) is 31.2. The summed E-state index contributed by atoms with van der Waals surface area (Å²) in [5.74, 6) is -2.76. The van der Waals surface area contributed by atoms with E-state index in [0.717, 1.165) is 0 Å². The molecule has 0 unspecified atom stereocenters. The molecule has 11 nitrogen and oxygen atoms in total. The number of alkyl halides is 3. The third kappa shape index (κ3) is 33.5. The number of carboxylic acids is 1. The fraction of sp³-hybridized carbons (Fsp3) is 0.909. The van der Waals surface area contributed by atoms with Gasteiger partial charge < -0.3 is 19.8 Å². The summed E-state index contributed by atoms with van der Waals surface area (Å²) in [6.45, 7) is 7.19. The van der Waals surface area contributed by atoms with Crippen molar-refractivity contribution in [1.82, 2.24) is 14.7 Å². The van der Waals surface area contributed by atoms with E-state index in [4.69, 9.17) is 35.7 Å². The van der Waals surface area contributed by atoms with Crippen LogP contribution in [-0.4, -0.2) is 92.4 Å². The van der Waals surface area contributed by atoms with Gasteiger partial charge in [-0.3, -0.25) is 0 Å². The maximum absolute atomic E-state index is 10.6. The minimum atomic E-state index is -5.08. The summed E-state index contributed by atoms with van der Waals surface area (Å²) in [6, 6.07) is 0. The van der Waals surface area contributed by atoms with Gasteiger partial charge in [0.1, 0.15) is 0 Å². The van der Waals surface area contributed by atoms with Crippen molar-refractivity contribution < 1.29 is 76.1 Å². The topological polar surface area (TPSA) is 173 Å². The van der Waals surface area contributed by atoms with Crippen LogP contribution in [0.2, 0.25) is 0 Å². The molecule has 1 heterocycles. The molecule has 1 aliphatic heterocycles. The Morgan fingerprint density at radius 2 is 0.963 bits per heavy atom. The summed E-state index contributed by atoms with van der Waals surface area (Å²) in [7, 11) is 1.66. The Kier molecular flexibility index (Phi) is 19.0. The first-order valence-corrected chi connectivity index (χ1v) is 9.54. The molecule has 0 aliphatic carbocycles. The monoisotopic (exact) mass is 518 g/mol. The van der Waals surface area contributed by atoms with Crippen molar-refractivity contribution in [2.75, 3.05) is 60.4 Å². The number of carbonyl (C=O) groups is 1. The van der Waals surface area contributed by atoms with Crippen LogP contribution in [-0.2, 0) is 29.0 Å². The minimum absolute atomic E-state index is 1.20. The second kappa shape index (κ2) is 16.4. The molecule has 1 rings (SSSR count). The summed E-state index contributed by atoms with van der Waals surface area (Å²) in [5.41, 5.74) is 0. The third-order valence-electron chi connectivity index (χ3n) is 2.83. The van der Waals surface area contributed by atoms with Gasteiger partial charge in [0, 0.05) is 39.3 Å². The fourth-order valence-electron chi connectivity index (χ4n) is 1.36. The molecular weight excluding hydrogens is 496 g/mol. The number of carboxylic acid groups (broad SMARTS) is 1. The van der Waals surface area contributed by atoms with Crippen molar-refractivity contribution in [1.29, 1.82) is 0 Å². The Balaban J connectivity index is -0.000000328. The van der Waals surface area contributed by atoms with E-state index in [-0.39, 0.29) is 0 Å². The predicted octanol–water partition coefficient (Wildman–Crippen LogP) is -4.57. The van der Waals surface area contributed by atoms with E-state index in [1.807, 2.05) is 0 Å². The van der Waals surface area contributed by atoms with Crippen LogP contribution in [0.1, 0.15) is 0 Å². The standard InChI is InChI=1S/C9H21N3.C2HF3O2.ClHO4.2O.Ru/c1-10-4-6-11(2)8-9-12(3)7-5-10;3-2(4,5)1(6)7;2-1(3,4)5;;;/h4-9H2,1-3H3;(H,6,7);(H,2,3,4,5);;;/p-1. The zero-order valence-electron chi connectivity index (χ0n) is 14.8. The van der Waals surface area contributed by atoms with Crippen LogP contribution in [0, 0.1) is 10.2 Å². The molecule has 0 aromatic carbocycles. The number of aliphatic carboxylic acids is 1. The summed E-state index contributed by atoms with van der Waals surface area (Å²) in [6.07, 6.45) is -5.08. The number of hydrogen-bond donors (Lipinski definition) is 1. The first-order valence-electron chi connectivity index (χ1n) is 6.89. The summed E-state index contributed by atoms with van der Waals surface area (Å²) >= 11 is -1.79. The van der Waals surface area contributed by atoms with Crippen LogP contribution in [0.3, 0.4) is 0 Å². The van der Waals surface area contributed by atoms with E-state index >= 15 is 0 Å². The van der Waals surface area contributed by atoms with Gasteiger partial charge in [-0.15, -0.1) is 10.2 Å². The van der Waals surface area contributed by atoms with E-state index in [1.54, 1.807) is 0 Å². The molecular formula is C11H22ClF3N3O8Ru-. The van der Waals surface area contributed by atoms with Crippen LogP contribution in [0.4, 0.5) is 13.2 Å². The SMILES string of the molecule is CN1CCN(C)CCN(C)CC1.O=C(O)C(F)(F)F.[O-][Cl+3]([O-])([O-])[O-].[O]=[Ru]=[O]. The van der Waals surface area contributed by atoms with Crippen LogP contribution in [0.25, 0.3) is 0 Å². The zero-order chi connectivity index (χ0) is 22.3. The Morgan fingerprint density at radius 3 is 1.04 bits per heavy atom. The van der Waals surface area contributed by atoms with E-state index in [1.165, 1.54) is 39.3 Å². The molecule has 166 valence electrons. The molecule has 27 heavy (non-hydrogen) atoms. The van der Waals surface area contributed by atoms with Crippen molar-refractivity contribution in [2.24, 2.45) is 0 Å². The number of halogens is 4. The van der Waals surface area contributed by atoms with Gasteiger partial charge >= 0.3 is 36.3 Å². The Morgan fingerprint density at radius 1 is 0.852 bits per heavy atom. The number of hydrogen-bond acceptors (Lipinski definition) is 10. The molecule has 0 aromatic rings. The Labute approximate surface area is 163 Å². The zero-order valence-corrected chi connectivity index (χ0v) is 17.2. The summed E-state index contributed by atoms with van der Waals surface area (Å²) in [5, 5.41) is 7.12. The van der Waals surface area contributed by atoms with Crippen LogP contribution >= 0.6 is 0 Å². The quantitative estimate of drug-likeness (QED) is 0.306. The van der Waals surface area contributed by atoms with Crippen molar-refractivity contribution in [2.45, 2.75) is 6.18 Å². The number of rotatable bonds is 0. The molecule has 0 spiro atoms. The fourth-order valence-corrected chi connectivity index (χ4v) is 1.36. The van der Waals surface area contributed by atoms with E-state index < -0.39 is 39.4 Å². The predicted molar refractivity (Wildman–Crippen MR) is 67.6 cm³/mol. The van der Waals surface area contributed by atoms with Gasteiger partial charge in [-0.25, -0.2) is 23.4 Å². The van der Waals surface area contributed by atoms with Crippen molar-refractivity contribution in [3.8, 4) is 0 Å². The molecule has 0 aromatic heterocycles. The summed E-state index contributed by atoms with van der Waals surface area (Å²) in [4.78, 5) is 16.1. The van der Waals surface area contributed by atoms with Gasteiger partial charge in [0.25, 0.3) is 0 Å². The maximum atomic E-state index is 10.6. The molecule has 0 saturated carbocycles. The van der Waals surface area contributed by atoms with Gasteiger partial charge in [0.15, 0.2) is 0 Å². The molecule has 1 aliphatic rings. The molecule has 0 bridgehead atoms. The molecule has 1 saturated heterocycles. The van der Waals surface area contributed by atoms with E-state index in [0.29, 0.717) is 0 Å². The van der Waals surface area contributed by atoms with Gasteiger partial charge in [-0.2, -0.15) is 13.2 Å². The van der Waals surface area contributed by atoms with Gasteiger partial charge in [-0.1, -0.05) is 0 Å². The van der Waals surface area contributed by atoms with E-state index in [9.17, 15) is 13.2 Å². The van der Waals surface area contributed by atoms with E-state index in [2.05, 4.69) is 35.8 Å². The van der Waals surface area contributed by atoms with Gasteiger partial charge in [0.05, 0.1) is 0 Å². The number of likely N-dealkylation sites (N-methyl/N-ethyl adjacent to an activating group) is 3. The van der Waals surface area contributed by atoms with Crippen LogP contribution in [0.5, 0.6) is 0 Å². The molecule has 1 N–H and O–H groups in total. The molecule has 0 atom stereocenters. The van der Waals surface area contributed by atoms with Gasteiger partial charge in [-0.05, 0) is 21.1 Å². The van der Waals surface area contributed by atoms with Gasteiger partial charge in [0.2, 0.25) is 0 Å². The molecule has 1 fully saturated rings. The molecule has 0 amide bonds. The van der Waals surface area contributed by atoms with Crippen molar-refractivity contribution in [3.63, 3.8) is 0 Å². The average molecular weight is 518 g/mol. The third-order valence-corrected chi connectivity index (χ3v) is 2.83. The second-order valence-corrected chi connectivity index (χ2v) is 6.20. The second-order valence-electron chi connectivity index (χ2n) is 5.15. The first-order chi connectivity index (χ1) is 12.0. The van der Waals surface area contributed by atoms with Crippen LogP contribution < -0.4 is 18.6 Å². The normalized spacial score (nSPS) is 17.4. The Bertz CT molecular complexity index is 394. The molecule has 0 radical (unpaired) electrons. The van der Waals surface area contributed by atoms with Crippen LogP contribution in [0.15, 0.2) is 0 Å². The molecule has 16 heteroatoms. The van der Waals surface area contributed by atoms with Crippen molar-refractivity contribution in [3.05, 3.63) is 0 Å². The Hall–Kier alpha value is -0.507. The average Bonchev–Trinajstić information content (AvgIpc) is 2.53.